The van der Waals surface area contributed by atoms with Crippen LogP contribution in [0.5, 0.6) is 0 Å². The smallest absolute Gasteiger partial charge is 0.319 e. The van der Waals surface area contributed by atoms with Crippen molar-refractivity contribution in [3.63, 3.8) is 0 Å². The van der Waals surface area contributed by atoms with Crippen LogP contribution in [0.3, 0.4) is 0 Å². The number of pyridine rings is 1. The second-order valence-corrected chi connectivity index (χ2v) is 4.49. The predicted octanol–water partition coefficient (Wildman–Crippen LogP) is 0.646. The van der Waals surface area contributed by atoms with E-state index in [4.69, 9.17) is 5.73 Å². The molecule has 0 saturated carbocycles. The molecule has 2 aromatic rings. The highest BCUT2D eigenvalue weighted by atomic mass is 16.2. The Bertz CT molecular complexity index is 625. The average molecular weight is 288 g/mol. The van der Waals surface area contributed by atoms with Crippen LogP contribution in [-0.4, -0.2) is 26.7 Å². The molecule has 8 nitrogen and oxygen atoms in total. The molecule has 0 bridgehead atoms. The molecular formula is C13H16N6O2. The van der Waals surface area contributed by atoms with Gasteiger partial charge in [-0.2, -0.15) is 5.10 Å². The number of carbonyl (C=O) groups is 2. The van der Waals surface area contributed by atoms with Crippen molar-refractivity contribution >= 4 is 17.6 Å². The van der Waals surface area contributed by atoms with Gasteiger partial charge in [0, 0.05) is 18.6 Å². The van der Waals surface area contributed by atoms with E-state index in [-0.39, 0.29) is 18.6 Å². The second-order valence-electron chi connectivity index (χ2n) is 4.49. The van der Waals surface area contributed by atoms with Crippen molar-refractivity contribution < 1.29 is 9.59 Å². The van der Waals surface area contributed by atoms with Crippen molar-refractivity contribution in [2.24, 2.45) is 5.73 Å². The molecule has 0 spiro atoms. The monoisotopic (exact) mass is 288 g/mol. The van der Waals surface area contributed by atoms with E-state index in [0.29, 0.717) is 5.69 Å². The lowest BCUT2D eigenvalue weighted by Crippen LogP contribution is -2.31. The summed E-state index contributed by atoms with van der Waals surface area (Å²) in [7, 11) is 0. The molecule has 2 heterocycles. The molecule has 4 N–H and O–H groups in total. The number of amides is 3. The van der Waals surface area contributed by atoms with Crippen molar-refractivity contribution in [2.75, 3.05) is 5.32 Å². The summed E-state index contributed by atoms with van der Waals surface area (Å²) in [6.07, 6.45) is 6.31. The minimum atomic E-state index is -0.500. The van der Waals surface area contributed by atoms with E-state index in [2.05, 4.69) is 20.7 Å². The quantitative estimate of drug-likeness (QED) is 0.749. The van der Waals surface area contributed by atoms with Gasteiger partial charge in [-0.1, -0.05) is 0 Å². The van der Waals surface area contributed by atoms with Crippen LogP contribution in [-0.2, 0) is 11.3 Å². The highest BCUT2D eigenvalue weighted by Gasteiger charge is 2.10. The van der Waals surface area contributed by atoms with Crippen LogP contribution in [0.15, 0.2) is 36.9 Å². The number of carbonyl (C=O) groups excluding carboxylic acids is 2. The number of primary amides is 1. The van der Waals surface area contributed by atoms with Gasteiger partial charge in [-0.3, -0.25) is 14.5 Å². The number of urea groups is 1. The summed E-state index contributed by atoms with van der Waals surface area (Å²) < 4.78 is 1.35. The van der Waals surface area contributed by atoms with Gasteiger partial charge >= 0.3 is 6.03 Å². The largest absolute Gasteiger partial charge is 0.368 e. The number of nitrogens with two attached hydrogens (primary N) is 1. The molecule has 8 heteroatoms. The average Bonchev–Trinajstić information content (AvgIpc) is 2.85. The lowest BCUT2D eigenvalue weighted by molar-refractivity contribution is -0.118. The van der Waals surface area contributed by atoms with E-state index in [9.17, 15) is 9.59 Å². The molecule has 0 aliphatic carbocycles. The normalized spacial score (nSPS) is 11.7. The summed E-state index contributed by atoms with van der Waals surface area (Å²) in [5.74, 6) is -0.500. The maximum atomic E-state index is 11.9. The molecule has 2 rings (SSSR count). The van der Waals surface area contributed by atoms with Crippen LogP contribution >= 0.6 is 0 Å². The number of aromatic nitrogens is 3. The number of nitrogens with one attached hydrogen (secondary N) is 2. The zero-order valence-electron chi connectivity index (χ0n) is 11.5. The molecule has 0 radical (unpaired) electrons. The van der Waals surface area contributed by atoms with Crippen molar-refractivity contribution in [3.8, 4) is 0 Å². The Morgan fingerprint density at radius 2 is 2.10 bits per heavy atom. The van der Waals surface area contributed by atoms with Gasteiger partial charge in [0.05, 0.1) is 17.9 Å². The minimum absolute atomic E-state index is 0.0310. The van der Waals surface area contributed by atoms with E-state index < -0.39 is 5.91 Å². The summed E-state index contributed by atoms with van der Waals surface area (Å²) >= 11 is 0. The van der Waals surface area contributed by atoms with Crippen LogP contribution in [0.1, 0.15) is 18.5 Å². The molecule has 0 aliphatic heterocycles. The molecule has 21 heavy (non-hydrogen) atoms. The topological polar surface area (TPSA) is 115 Å². The molecule has 0 fully saturated rings. The number of nitrogens with zero attached hydrogens (tertiary/aromatic N) is 3. The fraction of sp³-hybridized carbons (Fsp3) is 0.231. The Morgan fingerprint density at radius 3 is 2.76 bits per heavy atom. The second kappa shape index (κ2) is 6.51. The van der Waals surface area contributed by atoms with Crippen LogP contribution in [0.4, 0.5) is 10.5 Å². The third kappa shape index (κ3) is 4.30. The first-order valence-electron chi connectivity index (χ1n) is 6.33. The van der Waals surface area contributed by atoms with E-state index in [1.807, 2.05) is 19.1 Å². The third-order valence-electron chi connectivity index (χ3n) is 2.76. The fourth-order valence-electron chi connectivity index (χ4n) is 1.77. The van der Waals surface area contributed by atoms with Gasteiger partial charge in [0.1, 0.15) is 6.54 Å². The number of anilines is 1. The molecule has 3 amide bonds. The van der Waals surface area contributed by atoms with E-state index >= 15 is 0 Å². The molecule has 1 atom stereocenters. The van der Waals surface area contributed by atoms with Crippen LogP contribution < -0.4 is 16.4 Å². The van der Waals surface area contributed by atoms with E-state index in [0.717, 1.165) is 5.56 Å². The number of hydrogen-bond donors (Lipinski definition) is 3. The molecule has 0 unspecified atom stereocenters. The summed E-state index contributed by atoms with van der Waals surface area (Å²) in [4.78, 5) is 26.5. The predicted molar refractivity (Wildman–Crippen MR) is 76.2 cm³/mol. The van der Waals surface area contributed by atoms with Crippen molar-refractivity contribution in [3.05, 3.63) is 42.5 Å². The highest BCUT2D eigenvalue weighted by molar-refractivity contribution is 5.89. The molecule has 2 aromatic heterocycles. The molecular weight excluding hydrogens is 272 g/mol. The van der Waals surface area contributed by atoms with Gasteiger partial charge in [0.25, 0.3) is 0 Å². The Hall–Kier alpha value is -2.90. The van der Waals surface area contributed by atoms with Gasteiger partial charge < -0.3 is 16.4 Å². The first kappa shape index (κ1) is 14.5. The highest BCUT2D eigenvalue weighted by Crippen LogP contribution is 2.11. The molecule has 110 valence electrons. The van der Waals surface area contributed by atoms with Crippen LogP contribution in [0.25, 0.3) is 0 Å². The minimum Gasteiger partial charge on any atom is -0.368 e. The molecule has 0 saturated heterocycles. The number of hydrogen-bond acceptors (Lipinski definition) is 4. The maximum Gasteiger partial charge on any atom is 0.319 e. The number of rotatable bonds is 5. The van der Waals surface area contributed by atoms with Crippen LogP contribution in [0.2, 0.25) is 0 Å². The third-order valence-corrected chi connectivity index (χ3v) is 2.76. The Labute approximate surface area is 121 Å². The maximum absolute atomic E-state index is 11.9. The Kier molecular flexibility index (Phi) is 4.50. The van der Waals surface area contributed by atoms with E-state index in [1.165, 1.54) is 17.1 Å². The van der Waals surface area contributed by atoms with Crippen molar-refractivity contribution in [1.82, 2.24) is 20.1 Å². The van der Waals surface area contributed by atoms with Gasteiger partial charge in [0.2, 0.25) is 5.91 Å². The van der Waals surface area contributed by atoms with Crippen molar-refractivity contribution in [2.45, 2.75) is 19.5 Å². The first-order valence-corrected chi connectivity index (χ1v) is 6.33. The van der Waals surface area contributed by atoms with Crippen molar-refractivity contribution in [1.29, 1.82) is 0 Å². The summed E-state index contributed by atoms with van der Waals surface area (Å²) in [6, 6.07) is 3.14. The van der Waals surface area contributed by atoms with Gasteiger partial charge in [0.15, 0.2) is 0 Å². The standard InChI is InChI=1S/C13H16N6O2/c1-9(10-2-4-15-5-3-10)17-13(21)18-11-6-16-19(7-11)8-12(14)20/h2-7,9H,8H2,1H3,(H2,14,20)(H2,17,18,21)/t9-/m1/s1. The van der Waals surface area contributed by atoms with Gasteiger partial charge in [-0.25, -0.2) is 4.79 Å². The lowest BCUT2D eigenvalue weighted by atomic mass is 10.1. The Morgan fingerprint density at radius 1 is 1.38 bits per heavy atom. The zero-order valence-corrected chi connectivity index (χ0v) is 11.5. The molecule has 0 aromatic carbocycles. The van der Waals surface area contributed by atoms with Crippen LogP contribution in [0, 0.1) is 0 Å². The Balaban J connectivity index is 1.89. The summed E-state index contributed by atoms with van der Waals surface area (Å²) in [6.45, 7) is 1.84. The summed E-state index contributed by atoms with van der Waals surface area (Å²) in [5, 5.41) is 9.34. The van der Waals surface area contributed by atoms with E-state index in [1.54, 1.807) is 12.4 Å². The van der Waals surface area contributed by atoms with Gasteiger partial charge in [-0.05, 0) is 24.6 Å². The SMILES string of the molecule is C[C@@H](NC(=O)Nc1cnn(CC(N)=O)c1)c1ccncc1. The first-order chi connectivity index (χ1) is 10.0. The molecule has 0 aliphatic rings. The lowest BCUT2D eigenvalue weighted by Gasteiger charge is -2.14. The summed E-state index contributed by atoms with van der Waals surface area (Å²) in [5.41, 5.74) is 6.49. The zero-order chi connectivity index (χ0) is 15.2. The fourth-order valence-corrected chi connectivity index (χ4v) is 1.77. The van der Waals surface area contributed by atoms with Gasteiger partial charge in [-0.15, -0.1) is 0 Å².